The van der Waals surface area contributed by atoms with E-state index >= 15 is 0 Å². The molecule has 0 spiro atoms. The van der Waals surface area contributed by atoms with Crippen molar-refractivity contribution < 1.29 is 0 Å². The first-order valence-corrected chi connectivity index (χ1v) is 6.07. The van der Waals surface area contributed by atoms with Crippen LogP contribution in [0, 0.1) is 0 Å². The Morgan fingerprint density at radius 2 is 1.94 bits per heavy atom. The van der Waals surface area contributed by atoms with Crippen LogP contribution in [-0.2, 0) is 4.87 Å². The SMILES string of the molecule is C[C@]1(c2ccccn2)Nc2ccccc2S1. The van der Waals surface area contributed by atoms with Crippen LogP contribution >= 0.6 is 11.8 Å². The molecule has 0 unspecified atom stereocenters. The molecule has 0 saturated heterocycles. The summed E-state index contributed by atoms with van der Waals surface area (Å²) in [5.74, 6) is 0. The van der Waals surface area contributed by atoms with E-state index in [1.807, 2.05) is 30.1 Å². The number of nitrogens with one attached hydrogen (secondary N) is 1. The zero-order valence-corrected chi connectivity index (χ0v) is 9.79. The van der Waals surface area contributed by atoms with Gasteiger partial charge in [0.25, 0.3) is 0 Å². The third-order valence-corrected chi connectivity index (χ3v) is 4.02. The molecule has 1 N–H and O–H groups in total. The highest BCUT2D eigenvalue weighted by Gasteiger charge is 2.35. The van der Waals surface area contributed by atoms with Gasteiger partial charge in [0.2, 0.25) is 0 Å². The number of hydrogen-bond acceptors (Lipinski definition) is 3. The maximum Gasteiger partial charge on any atom is 0.128 e. The van der Waals surface area contributed by atoms with Crippen LogP contribution in [-0.4, -0.2) is 4.98 Å². The molecule has 1 atom stereocenters. The van der Waals surface area contributed by atoms with Crippen LogP contribution in [0.1, 0.15) is 12.6 Å². The lowest BCUT2D eigenvalue weighted by atomic mass is 10.2. The predicted molar refractivity (Wildman–Crippen MR) is 67.5 cm³/mol. The summed E-state index contributed by atoms with van der Waals surface area (Å²) in [7, 11) is 0. The van der Waals surface area contributed by atoms with Crippen LogP contribution in [0.15, 0.2) is 53.6 Å². The average Bonchev–Trinajstić information content (AvgIpc) is 2.68. The molecule has 0 saturated carbocycles. The Bertz CT molecular complexity index is 485. The van der Waals surface area contributed by atoms with Crippen LogP contribution in [0.2, 0.25) is 0 Å². The summed E-state index contributed by atoms with van der Waals surface area (Å²) in [6, 6.07) is 14.4. The van der Waals surface area contributed by atoms with E-state index in [0.717, 1.165) is 5.69 Å². The number of benzene rings is 1. The topological polar surface area (TPSA) is 24.9 Å². The van der Waals surface area contributed by atoms with Gasteiger partial charge in [0.15, 0.2) is 0 Å². The molecule has 0 radical (unpaired) electrons. The summed E-state index contributed by atoms with van der Waals surface area (Å²) >= 11 is 1.82. The van der Waals surface area contributed by atoms with Crippen molar-refractivity contribution in [2.45, 2.75) is 16.7 Å². The first-order chi connectivity index (χ1) is 7.78. The molecule has 2 aromatic rings. The number of hydrogen-bond donors (Lipinski definition) is 1. The Morgan fingerprint density at radius 1 is 1.12 bits per heavy atom. The molecule has 2 nitrogen and oxygen atoms in total. The second kappa shape index (κ2) is 3.52. The number of pyridine rings is 1. The van der Waals surface area contributed by atoms with E-state index in [2.05, 4.69) is 47.6 Å². The lowest BCUT2D eigenvalue weighted by molar-refractivity contribution is 0.777. The first kappa shape index (κ1) is 9.73. The summed E-state index contributed by atoms with van der Waals surface area (Å²) < 4.78 is 0. The molecule has 1 aliphatic heterocycles. The number of nitrogens with zero attached hydrogens (tertiary/aromatic N) is 1. The van der Waals surface area contributed by atoms with E-state index in [1.165, 1.54) is 10.6 Å². The third kappa shape index (κ3) is 1.48. The molecular formula is C13H12N2S. The maximum atomic E-state index is 4.43. The molecule has 0 fully saturated rings. The zero-order chi connectivity index (χ0) is 11.0. The summed E-state index contributed by atoms with van der Waals surface area (Å²) in [6.45, 7) is 2.17. The second-order valence-corrected chi connectivity index (χ2v) is 5.43. The van der Waals surface area contributed by atoms with Gasteiger partial charge in [-0.05, 0) is 31.2 Å². The highest BCUT2D eigenvalue weighted by Crippen LogP contribution is 2.49. The Kier molecular flexibility index (Phi) is 2.14. The summed E-state index contributed by atoms with van der Waals surface area (Å²) in [4.78, 5) is 5.57. The predicted octanol–water partition coefficient (Wildman–Crippen LogP) is 3.47. The number of thioether (sulfide) groups is 1. The van der Waals surface area contributed by atoms with Gasteiger partial charge in [-0.2, -0.15) is 0 Å². The van der Waals surface area contributed by atoms with Gasteiger partial charge in [-0.1, -0.05) is 30.0 Å². The minimum absolute atomic E-state index is 0.148. The Hall–Kier alpha value is -1.48. The fourth-order valence-electron chi connectivity index (χ4n) is 1.92. The lowest BCUT2D eigenvalue weighted by Gasteiger charge is -2.23. The number of anilines is 1. The molecular weight excluding hydrogens is 216 g/mol. The van der Waals surface area contributed by atoms with Crippen molar-refractivity contribution in [1.29, 1.82) is 0 Å². The minimum atomic E-state index is -0.148. The van der Waals surface area contributed by atoms with Gasteiger partial charge in [-0.3, -0.25) is 4.98 Å². The highest BCUT2D eigenvalue weighted by molar-refractivity contribution is 8.00. The van der Waals surface area contributed by atoms with Crippen LogP contribution in [0.25, 0.3) is 0 Å². The fraction of sp³-hybridized carbons (Fsp3) is 0.154. The van der Waals surface area contributed by atoms with E-state index in [-0.39, 0.29) is 4.87 Å². The second-order valence-electron chi connectivity index (χ2n) is 3.97. The summed E-state index contributed by atoms with van der Waals surface area (Å²) in [6.07, 6.45) is 1.84. The van der Waals surface area contributed by atoms with Crippen LogP contribution in [0.3, 0.4) is 0 Å². The van der Waals surface area contributed by atoms with Gasteiger partial charge in [0, 0.05) is 16.8 Å². The van der Waals surface area contributed by atoms with Crippen LogP contribution < -0.4 is 5.32 Å². The highest BCUT2D eigenvalue weighted by atomic mass is 32.2. The molecule has 1 aliphatic rings. The molecule has 1 aromatic carbocycles. The van der Waals surface area contributed by atoms with E-state index in [0.29, 0.717) is 0 Å². The lowest BCUT2D eigenvalue weighted by Crippen LogP contribution is -2.24. The van der Waals surface area contributed by atoms with Gasteiger partial charge in [0.1, 0.15) is 4.87 Å². The molecule has 0 amide bonds. The molecule has 80 valence electrons. The van der Waals surface area contributed by atoms with Crippen molar-refractivity contribution in [2.75, 3.05) is 5.32 Å². The van der Waals surface area contributed by atoms with Gasteiger partial charge >= 0.3 is 0 Å². The largest absolute Gasteiger partial charge is 0.365 e. The molecule has 1 aromatic heterocycles. The molecule has 3 rings (SSSR count). The monoisotopic (exact) mass is 228 g/mol. The van der Waals surface area contributed by atoms with Crippen LogP contribution in [0.4, 0.5) is 5.69 Å². The van der Waals surface area contributed by atoms with E-state index in [4.69, 9.17) is 0 Å². The van der Waals surface area contributed by atoms with Crippen molar-refractivity contribution in [2.24, 2.45) is 0 Å². The third-order valence-electron chi connectivity index (χ3n) is 2.73. The van der Waals surface area contributed by atoms with E-state index in [9.17, 15) is 0 Å². The van der Waals surface area contributed by atoms with Crippen molar-refractivity contribution in [3.8, 4) is 0 Å². The molecule has 3 heteroatoms. The number of rotatable bonds is 1. The average molecular weight is 228 g/mol. The summed E-state index contributed by atoms with van der Waals surface area (Å²) in [5, 5.41) is 3.53. The quantitative estimate of drug-likeness (QED) is 0.809. The van der Waals surface area contributed by atoms with Crippen LogP contribution in [0.5, 0.6) is 0 Å². The molecule has 0 aliphatic carbocycles. The normalized spacial score (nSPS) is 22.6. The van der Waals surface area contributed by atoms with Crippen molar-refractivity contribution in [1.82, 2.24) is 4.98 Å². The van der Waals surface area contributed by atoms with Crippen molar-refractivity contribution in [3.63, 3.8) is 0 Å². The Morgan fingerprint density at radius 3 is 2.69 bits per heavy atom. The number of para-hydroxylation sites is 1. The Balaban J connectivity index is 2.01. The Labute approximate surface area is 99.1 Å². The zero-order valence-electron chi connectivity index (χ0n) is 8.97. The summed E-state index contributed by atoms with van der Waals surface area (Å²) in [5.41, 5.74) is 2.26. The van der Waals surface area contributed by atoms with Crippen molar-refractivity contribution in [3.05, 3.63) is 54.4 Å². The van der Waals surface area contributed by atoms with Gasteiger partial charge in [-0.25, -0.2) is 0 Å². The fourth-order valence-corrected chi connectivity index (χ4v) is 3.12. The molecule has 0 bridgehead atoms. The number of fused-ring (bicyclic) bond motifs is 1. The maximum absolute atomic E-state index is 4.43. The molecule has 2 heterocycles. The van der Waals surface area contributed by atoms with E-state index in [1.54, 1.807) is 0 Å². The minimum Gasteiger partial charge on any atom is -0.365 e. The first-order valence-electron chi connectivity index (χ1n) is 5.26. The van der Waals surface area contributed by atoms with Gasteiger partial charge in [-0.15, -0.1) is 0 Å². The van der Waals surface area contributed by atoms with Gasteiger partial charge in [0.05, 0.1) is 5.69 Å². The smallest absolute Gasteiger partial charge is 0.128 e. The number of aromatic nitrogens is 1. The van der Waals surface area contributed by atoms with Crippen molar-refractivity contribution >= 4 is 17.4 Å². The van der Waals surface area contributed by atoms with E-state index < -0.39 is 0 Å². The molecule has 16 heavy (non-hydrogen) atoms. The standard InChI is InChI=1S/C13H12N2S/c1-13(12-8-4-5-9-14-12)15-10-6-2-3-7-11(10)16-13/h2-9,15H,1H3/t13-/m0/s1. The van der Waals surface area contributed by atoms with Gasteiger partial charge < -0.3 is 5.32 Å².